The Balaban J connectivity index is 1.23. The average Bonchev–Trinajstić information content (AvgIpc) is 3.36. The summed E-state index contributed by atoms with van der Waals surface area (Å²) in [6.45, 7) is 2.41. The highest BCUT2D eigenvalue weighted by Crippen LogP contribution is 2.48. The van der Waals surface area contributed by atoms with Crippen molar-refractivity contribution < 1.29 is 23.9 Å². The van der Waals surface area contributed by atoms with Gasteiger partial charge in [0.25, 0.3) is 0 Å². The van der Waals surface area contributed by atoms with Gasteiger partial charge in [-0.05, 0) is 11.1 Å². The van der Waals surface area contributed by atoms with Crippen LogP contribution in [0.15, 0.2) is 78.9 Å². The maximum atomic E-state index is 13.4. The molecule has 0 radical (unpaired) electrons. The Bertz CT molecular complexity index is 1180. The van der Waals surface area contributed by atoms with Crippen LogP contribution >= 0.6 is 0 Å². The van der Waals surface area contributed by atoms with Crippen molar-refractivity contribution in [1.29, 1.82) is 0 Å². The largest absolute Gasteiger partial charge is 0.453 e. The van der Waals surface area contributed by atoms with Gasteiger partial charge in [0, 0.05) is 36.0 Å². The summed E-state index contributed by atoms with van der Waals surface area (Å²) in [6, 6.07) is 24.3. The molecule has 0 amide bonds. The molecular weight excluding hydrogens is 426 g/mol. The van der Waals surface area contributed by atoms with E-state index in [0.29, 0.717) is 24.1 Å². The van der Waals surface area contributed by atoms with Crippen LogP contribution in [0.3, 0.4) is 0 Å². The van der Waals surface area contributed by atoms with E-state index in [1.165, 1.54) is 0 Å². The fourth-order valence-corrected chi connectivity index (χ4v) is 5.49. The van der Waals surface area contributed by atoms with Crippen molar-refractivity contribution in [2.45, 2.75) is 31.0 Å². The maximum Gasteiger partial charge on any atom is 0.348 e. The number of likely N-dealkylation sites (N-methyl/N-ethyl adjacent to an activating group) is 1. The quantitative estimate of drug-likeness (QED) is 0.327. The number of fused-ring (bicyclic) bond motifs is 3. The van der Waals surface area contributed by atoms with Gasteiger partial charge in [0.1, 0.15) is 6.54 Å². The number of rotatable bonds is 7. The third-order valence-electron chi connectivity index (χ3n) is 7.33. The molecule has 5 nitrogen and oxygen atoms in total. The molecule has 0 spiro atoms. The molecule has 174 valence electrons. The second kappa shape index (κ2) is 8.82. The van der Waals surface area contributed by atoms with E-state index in [0.717, 1.165) is 47.1 Å². The lowest BCUT2D eigenvalue weighted by Crippen LogP contribution is -2.45. The molecule has 2 aliphatic rings. The molecule has 5 rings (SSSR count). The lowest BCUT2D eigenvalue weighted by atomic mass is 9.91. The number of aliphatic hydroxyl groups is 1. The van der Waals surface area contributed by atoms with Crippen molar-refractivity contribution in [3.05, 3.63) is 95.6 Å². The van der Waals surface area contributed by atoms with Crippen LogP contribution in [0, 0.1) is 0 Å². The van der Waals surface area contributed by atoms with Crippen molar-refractivity contribution >= 4 is 11.8 Å². The van der Waals surface area contributed by atoms with Crippen molar-refractivity contribution in [3.63, 3.8) is 0 Å². The molecule has 1 aliphatic carbocycles. The van der Waals surface area contributed by atoms with Gasteiger partial charge in [-0.1, -0.05) is 78.9 Å². The highest BCUT2D eigenvalue weighted by Gasteiger charge is 2.50. The summed E-state index contributed by atoms with van der Waals surface area (Å²) in [5, 5.41) is 11.6. The van der Waals surface area contributed by atoms with E-state index < -0.39 is 11.6 Å². The minimum absolute atomic E-state index is 0.162. The predicted octanol–water partition coefficient (Wildman–Crippen LogP) is 4.33. The van der Waals surface area contributed by atoms with E-state index >= 15 is 0 Å². The first-order chi connectivity index (χ1) is 16.4. The number of esters is 1. The number of carbonyl (C=O) groups excluding carboxylic acids is 2. The number of quaternary nitrogens is 1. The van der Waals surface area contributed by atoms with Crippen LogP contribution in [-0.4, -0.2) is 54.1 Å². The molecule has 1 heterocycles. The molecule has 3 aromatic rings. The first kappa shape index (κ1) is 22.5. The molecule has 0 bridgehead atoms. The normalized spacial score (nSPS) is 22.1. The number of nitrogens with zero attached hydrogens (tertiary/aromatic N) is 1. The number of hydrogen-bond acceptors (Lipinski definition) is 4. The zero-order chi connectivity index (χ0) is 23.8. The van der Waals surface area contributed by atoms with Crippen LogP contribution in [0.4, 0.5) is 0 Å². The third kappa shape index (κ3) is 3.95. The first-order valence-corrected chi connectivity index (χ1v) is 12.0. The van der Waals surface area contributed by atoms with Crippen LogP contribution < -0.4 is 0 Å². The number of Topliss-reactive ketones (excluding diaryl/α,β-unsaturated/α-hetero) is 1. The Morgan fingerprint density at radius 2 is 1.53 bits per heavy atom. The zero-order valence-electron chi connectivity index (χ0n) is 19.4. The molecule has 1 fully saturated rings. The average molecular weight is 457 g/mol. The lowest BCUT2D eigenvalue weighted by Gasteiger charge is -2.30. The summed E-state index contributed by atoms with van der Waals surface area (Å²) < 4.78 is 6.69. The molecule has 1 aliphatic heterocycles. The van der Waals surface area contributed by atoms with Gasteiger partial charge in [-0.3, -0.25) is 4.79 Å². The van der Waals surface area contributed by atoms with Gasteiger partial charge in [-0.15, -0.1) is 0 Å². The van der Waals surface area contributed by atoms with Crippen molar-refractivity contribution in [1.82, 2.24) is 0 Å². The van der Waals surface area contributed by atoms with Gasteiger partial charge in [0.05, 0.1) is 20.1 Å². The monoisotopic (exact) mass is 456 g/mol. The van der Waals surface area contributed by atoms with Crippen LogP contribution in [0.5, 0.6) is 0 Å². The summed E-state index contributed by atoms with van der Waals surface area (Å²) in [7, 11) is 2.15. The Hall–Kier alpha value is -3.28. The van der Waals surface area contributed by atoms with E-state index in [1.807, 2.05) is 66.7 Å². The summed E-state index contributed by atoms with van der Waals surface area (Å²) in [6.07, 6.45) is 1.78. The molecule has 34 heavy (non-hydrogen) atoms. The van der Waals surface area contributed by atoms with Crippen molar-refractivity contribution in [2.24, 2.45) is 0 Å². The second-order valence-electron chi connectivity index (χ2n) is 9.76. The molecule has 0 aromatic heterocycles. The molecule has 5 heteroatoms. The summed E-state index contributed by atoms with van der Waals surface area (Å²) >= 11 is 0. The van der Waals surface area contributed by atoms with E-state index in [4.69, 9.17) is 4.74 Å². The zero-order valence-corrected chi connectivity index (χ0v) is 19.4. The van der Waals surface area contributed by atoms with Gasteiger partial charge in [0.2, 0.25) is 5.60 Å². The smallest absolute Gasteiger partial charge is 0.348 e. The Kier molecular flexibility index (Phi) is 5.84. The number of carbonyl (C=O) groups is 2. The molecule has 2 unspecified atom stereocenters. The second-order valence-corrected chi connectivity index (χ2v) is 9.76. The van der Waals surface area contributed by atoms with Crippen molar-refractivity contribution in [2.75, 3.05) is 26.7 Å². The van der Waals surface area contributed by atoms with Crippen LogP contribution in [-0.2, 0) is 15.1 Å². The number of ether oxygens (including phenoxy) is 1. The van der Waals surface area contributed by atoms with Gasteiger partial charge in [0.15, 0.2) is 11.9 Å². The Morgan fingerprint density at radius 3 is 2.18 bits per heavy atom. The van der Waals surface area contributed by atoms with Gasteiger partial charge in [-0.25, -0.2) is 4.79 Å². The number of likely N-dealkylation sites (tertiary alicyclic amines) is 1. The first-order valence-electron chi connectivity index (χ1n) is 12.0. The number of benzene rings is 3. The summed E-state index contributed by atoms with van der Waals surface area (Å²) in [5.41, 5.74) is 1.86. The maximum absolute atomic E-state index is 13.4. The third-order valence-corrected chi connectivity index (χ3v) is 7.33. The van der Waals surface area contributed by atoms with Crippen LogP contribution in [0.1, 0.15) is 40.7 Å². The van der Waals surface area contributed by atoms with Gasteiger partial charge < -0.3 is 14.3 Å². The van der Waals surface area contributed by atoms with Crippen LogP contribution in [0.2, 0.25) is 0 Å². The predicted molar refractivity (Wildman–Crippen MR) is 130 cm³/mol. The minimum Gasteiger partial charge on any atom is -0.453 e. The lowest BCUT2D eigenvalue weighted by molar-refractivity contribution is -0.899. The van der Waals surface area contributed by atoms with E-state index in [2.05, 4.69) is 7.05 Å². The van der Waals surface area contributed by atoms with Crippen molar-refractivity contribution in [3.8, 4) is 11.1 Å². The fraction of sp³-hybridized carbons (Fsp3) is 0.310. The van der Waals surface area contributed by atoms with E-state index in [9.17, 15) is 14.7 Å². The summed E-state index contributed by atoms with van der Waals surface area (Å²) in [5.74, 6) is -0.447. The Labute approximate surface area is 200 Å². The Morgan fingerprint density at radius 1 is 0.941 bits per heavy atom. The highest BCUT2D eigenvalue weighted by atomic mass is 16.6. The highest BCUT2D eigenvalue weighted by molar-refractivity contribution is 5.96. The minimum atomic E-state index is -1.79. The molecule has 0 saturated carbocycles. The molecule has 3 aromatic carbocycles. The van der Waals surface area contributed by atoms with E-state index in [-0.39, 0.29) is 11.9 Å². The summed E-state index contributed by atoms with van der Waals surface area (Å²) in [4.78, 5) is 25.8. The topological polar surface area (TPSA) is 63.6 Å². The van der Waals surface area contributed by atoms with Gasteiger partial charge >= 0.3 is 5.97 Å². The SMILES string of the molecule is C[N+]1(CCCC(=O)c2ccccc2)CCC(OC(=O)C2(O)c3ccccc3-c3ccccc32)C1. The number of hydrogen-bond donors (Lipinski definition) is 1. The van der Waals surface area contributed by atoms with Crippen LogP contribution in [0.25, 0.3) is 11.1 Å². The molecular formula is C29H30NO4+. The molecule has 2 atom stereocenters. The fourth-order valence-electron chi connectivity index (χ4n) is 5.49. The van der Waals surface area contributed by atoms with E-state index in [1.54, 1.807) is 12.1 Å². The number of ketones is 1. The molecule has 1 N–H and O–H groups in total. The van der Waals surface area contributed by atoms with Gasteiger partial charge in [-0.2, -0.15) is 0 Å². The molecule has 1 saturated heterocycles. The standard InChI is InChI=1S/C29H30NO4/c1-30(18-9-16-27(31)21-10-3-2-4-11-21)19-17-22(20-30)34-28(32)29(33)25-14-7-5-12-23(25)24-13-6-8-15-26(24)29/h2-8,10-15,22,33H,9,16-20H2,1H3/q+1.